The summed E-state index contributed by atoms with van der Waals surface area (Å²) in [6.45, 7) is 0. The Bertz CT molecular complexity index is 1340. The van der Waals surface area contributed by atoms with Crippen molar-refractivity contribution in [2.75, 3.05) is 10.6 Å². The molecular weight excluding hydrogens is 421 g/mol. The number of halogens is 1. The highest BCUT2D eigenvalue weighted by atomic mass is 19.1. The van der Waals surface area contributed by atoms with Crippen LogP contribution in [-0.2, 0) is 4.79 Å². The summed E-state index contributed by atoms with van der Waals surface area (Å²) in [5.74, 6) is -0.202. The fourth-order valence-corrected chi connectivity index (χ4v) is 3.51. The lowest BCUT2D eigenvalue weighted by atomic mass is 10.1. The normalized spacial score (nSPS) is 12.9. The predicted octanol–water partition coefficient (Wildman–Crippen LogP) is 5.75. The molecule has 0 spiro atoms. The summed E-state index contributed by atoms with van der Waals surface area (Å²) in [6.07, 6.45) is 3.27. The van der Waals surface area contributed by atoms with Gasteiger partial charge in [-0.2, -0.15) is 0 Å². The summed E-state index contributed by atoms with van der Waals surface area (Å²) in [7, 11) is 0. The van der Waals surface area contributed by atoms with Crippen molar-refractivity contribution in [3.63, 3.8) is 0 Å². The molecule has 1 heterocycles. The Morgan fingerprint density at radius 3 is 2.33 bits per heavy atom. The molecule has 2 amide bonds. The Morgan fingerprint density at radius 2 is 1.58 bits per heavy atom. The topological polar surface area (TPSA) is 84.2 Å². The first-order chi connectivity index (χ1) is 16.1. The zero-order valence-corrected chi connectivity index (χ0v) is 17.5. The van der Waals surface area contributed by atoms with Crippen LogP contribution in [0.2, 0.25) is 0 Å². The summed E-state index contributed by atoms with van der Waals surface area (Å²) >= 11 is 0. The van der Waals surface area contributed by atoms with Gasteiger partial charge in [0.1, 0.15) is 5.82 Å². The molecule has 164 valence electrons. The second kappa shape index (κ2) is 8.70. The van der Waals surface area contributed by atoms with Crippen LogP contribution in [0.15, 0.2) is 83.4 Å². The summed E-state index contributed by atoms with van der Waals surface area (Å²) in [4.78, 5) is 29.3. The molecule has 0 unspecified atom stereocenters. The van der Waals surface area contributed by atoms with Crippen molar-refractivity contribution in [2.24, 2.45) is 5.92 Å². The Kier molecular flexibility index (Phi) is 5.44. The van der Waals surface area contributed by atoms with Crippen LogP contribution in [0, 0.1) is 11.7 Å². The van der Waals surface area contributed by atoms with E-state index in [1.54, 1.807) is 66.7 Å². The van der Waals surface area contributed by atoms with E-state index in [0.717, 1.165) is 12.8 Å². The van der Waals surface area contributed by atoms with Gasteiger partial charge in [0.2, 0.25) is 11.8 Å². The number of hydrogen-bond donors (Lipinski definition) is 2. The second-order valence-corrected chi connectivity index (χ2v) is 7.85. The molecule has 0 radical (unpaired) electrons. The van der Waals surface area contributed by atoms with Crippen LogP contribution in [0.4, 0.5) is 15.8 Å². The maximum Gasteiger partial charge on any atom is 0.256 e. The number of rotatable bonds is 6. The summed E-state index contributed by atoms with van der Waals surface area (Å²) < 4.78 is 19.9. The molecule has 1 aromatic heterocycles. The fourth-order valence-electron chi connectivity index (χ4n) is 3.51. The summed E-state index contributed by atoms with van der Waals surface area (Å²) in [5, 5.41) is 5.73. The molecule has 2 N–H and O–H groups in total. The van der Waals surface area contributed by atoms with Crippen LogP contribution in [0.5, 0.6) is 0 Å². The van der Waals surface area contributed by atoms with Gasteiger partial charge in [0.05, 0.1) is 17.3 Å². The number of nitrogens with one attached hydrogen (secondary N) is 2. The van der Waals surface area contributed by atoms with Gasteiger partial charge >= 0.3 is 0 Å². The molecule has 0 atom stereocenters. The Labute approximate surface area is 189 Å². The molecular formula is C26H20FN3O3. The van der Waals surface area contributed by atoms with Gasteiger partial charge in [-0.25, -0.2) is 9.37 Å². The number of oxazole rings is 1. The van der Waals surface area contributed by atoms with Gasteiger partial charge in [-0.1, -0.05) is 30.3 Å². The van der Waals surface area contributed by atoms with Gasteiger partial charge in [0, 0.05) is 22.9 Å². The third-order valence-electron chi connectivity index (χ3n) is 5.38. The fraction of sp³-hybridized carbons (Fsp3) is 0.115. The van der Waals surface area contributed by atoms with Crippen LogP contribution in [0.1, 0.15) is 23.2 Å². The molecule has 6 nitrogen and oxygen atoms in total. The first kappa shape index (κ1) is 20.6. The number of carbonyl (C=O) groups excluding carboxylic acids is 2. The van der Waals surface area contributed by atoms with E-state index in [4.69, 9.17) is 4.42 Å². The molecule has 1 saturated carbocycles. The molecule has 1 aliphatic rings. The number of carbonyl (C=O) groups is 2. The number of aromatic nitrogens is 1. The molecule has 4 aromatic rings. The van der Waals surface area contributed by atoms with Crippen molar-refractivity contribution in [2.45, 2.75) is 12.8 Å². The monoisotopic (exact) mass is 441 g/mol. The number of benzene rings is 3. The van der Waals surface area contributed by atoms with E-state index < -0.39 is 5.82 Å². The highest BCUT2D eigenvalue weighted by Gasteiger charge is 2.29. The largest absolute Gasteiger partial charge is 0.436 e. The first-order valence-corrected chi connectivity index (χ1v) is 10.6. The lowest BCUT2D eigenvalue weighted by Gasteiger charge is -2.10. The van der Waals surface area contributed by atoms with Gasteiger partial charge in [-0.3, -0.25) is 9.59 Å². The molecule has 3 aromatic carbocycles. The third kappa shape index (κ3) is 4.52. The Balaban J connectivity index is 1.38. The average molecular weight is 441 g/mol. The van der Waals surface area contributed by atoms with E-state index in [9.17, 15) is 14.0 Å². The highest BCUT2D eigenvalue weighted by Crippen LogP contribution is 2.31. The lowest BCUT2D eigenvalue weighted by Crippen LogP contribution is -2.15. The lowest BCUT2D eigenvalue weighted by molar-refractivity contribution is -0.117. The molecule has 0 saturated heterocycles. The number of nitrogens with zero attached hydrogens (tertiary/aromatic N) is 1. The van der Waals surface area contributed by atoms with E-state index in [1.165, 1.54) is 12.3 Å². The van der Waals surface area contributed by atoms with Gasteiger partial charge in [-0.05, 0) is 55.3 Å². The van der Waals surface area contributed by atoms with E-state index in [1.807, 2.05) is 0 Å². The van der Waals surface area contributed by atoms with E-state index in [-0.39, 0.29) is 29.4 Å². The van der Waals surface area contributed by atoms with Crippen LogP contribution in [0.25, 0.3) is 22.8 Å². The minimum Gasteiger partial charge on any atom is -0.436 e. The minimum absolute atomic E-state index is 0.00151. The second-order valence-electron chi connectivity index (χ2n) is 7.85. The van der Waals surface area contributed by atoms with Crippen molar-refractivity contribution < 1.29 is 18.4 Å². The van der Waals surface area contributed by atoms with Crippen molar-refractivity contribution in [3.8, 4) is 22.8 Å². The number of anilines is 2. The smallest absolute Gasteiger partial charge is 0.256 e. The van der Waals surface area contributed by atoms with Gasteiger partial charge in [0.15, 0.2) is 5.76 Å². The summed E-state index contributed by atoms with van der Waals surface area (Å²) in [6, 6.07) is 20.2. The van der Waals surface area contributed by atoms with E-state index in [2.05, 4.69) is 15.6 Å². The molecule has 1 aliphatic carbocycles. The zero-order chi connectivity index (χ0) is 22.8. The van der Waals surface area contributed by atoms with Crippen molar-refractivity contribution >= 4 is 23.2 Å². The molecule has 0 bridgehead atoms. The average Bonchev–Trinajstić information content (AvgIpc) is 3.57. The van der Waals surface area contributed by atoms with Crippen LogP contribution < -0.4 is 10.6 Å². The Hall–Kier alpha value is -4.26. The van der Waals surface area contributed by atoms with Crippen LogP contribution >= 0.6 is 0 Å². The molecule has 7 heteroatoms. The predicted molar refractivity (Wildman–Crippen MR) is 123 cm³/mol. The zero-order valence-electron chi connectivity index (χ0n) is 17.5. The van der Waals surface area contributed by atoms with Gasteiger partial charge in [-0.15, -0.1) is 0 Å². The van der Waals surface area contributed by atoms with Crippen LogP contribution in [0.3, 0.4) is 0 Å². The van der Waals surface area contributed by atoms with Crippen molar-refractivity contribution in [1.82, 2.24) is 4.98 Å². The maximum atomic E-state index is 14.1. The number of amides is 2. The maximum absolute atomic E-state index is 14.1. The third-order valence-corrected chi connectivity index (χ3v) is 5.38. The SMILES string of the molecule is O=C(Nc1cccc(NC(=O)C2CC2)c1)c1ccccc1-c1ncc(-c2ccccc2F)o1. The molecule has 1 fully saturated rings. The van der Waals surface area contributed by atoms with E-state index in [0.29, 0.717) is 28.1 Å². The minimum atomic E-state index is -0.417. The van der Waals surface area contributed by atoms with Crippen molar-refractivity contribution in [3.05, 3.63) is 90.4 Å². The molecule has 5 rings (SSSR count). The first-order valence-electron chi connectivity index (χ1n) is 10.6. The Morgan fingerprint density at radius 1 is 0.879 bits per heavy atom. The quantitative estimate of drug-likeness (QED) is 0.399. The molecule has 33 heavy (non-hydrogen) atoms. The van der Waals surface area contributed by atoms with Crippen LogP contribution in [-0.4, -0.2) is 16.8 Å². The summed E-state index contributed by atoms with van der Waals surface area (Å²) in [5.41, 5.74) is 2.30. The van der Waals surface area contributed by atoms with Crippen molar-refractivity contribution in [1.29, 1.82) is 0 Å². The van der Waals surface area contributed by atoms with Gasteiger partial charge < -0.3 is 15.1 Å². The highest BCUT2D eigenvalue weighted by molar-refractivity contribution is 6.08. The van der Waals surface area contributed by atoms with E-state index >= 15 is 0 Å². The standard InChI is InChI=1S/C26H20FN3O3/c27-22-11-4-3-10-21(22)23-15-28-26(33-23)20-9-2-1-8-19(20)25(32)30-18-7-5-6-17(14-18)29-24(31)16-12-13-16/h1-11,14-16H,12-13H2,(H,29,31)(H,30,32). The number of hydrogen-bond acceptors (Lipinski definition) is 4. The van der Waals surface area contributed by atoms with Gasteiger partial charge in [0.25, 0.3) is 5.91 Å². The molecule has 0 aliphatic heterocycles.